The highest BCUT2D eigenvalue weighted by molar-refractivity contribution is 7.46. The molecule has 6 nitrogen and oxygen atoms in total. The predicted octanol–water partition coefficient (Wildman–Crippen LogP) is 2.10. The first-order valence-corrected chi connectivity index (χ1v) is 5.23. The molecule has 0 aliphatic carbocycles. The molecule has 1 aromatic rings. The van der Waals surface area contributed by atoms with Crippen molar-refractivity contribution in [1.29, 1.82) is 0 Å². The number of aryl methyl sites for hydroxylation is 2. The summed E-state index contributed by atoms with van der Waals surface area (Å²) < 4.78 is 14.9. The van der Waals surface area contributed by atoms with E-state index in [0.717, 1.165) is 11.1 Å². The molecule has 7 heteroatoms. The van der Waals surface area contributed by atoms with Crippen molar-refractivity contribution in [2.24, 2.45) is 0 Å². The molecular weight excluding hydrogens is 219 g/mol. The van der Waals surface area contributed by atoms with E-state index in [1.54, 1.807) is 12.1 Å². The molecule has 15 heavy (non-hydrogen) atoms. The van der Waals surface area contributed by atoms with Gasteiger partial charge in [0.1, 0.15) is 5.75 Å². The fourth-order valence-corrected chi connectivity index (χ4v) is 1.50. The average molecular weight is 236 g/mol. The standard InChI is InChI=1S/C8H11O4P.2H3N/c1-6-3-7(2)5-8(4-6)12-13(9,10)11;;/h3-5H,1-2H3,(H2,9,10,11);2*1H3. The summed E-state index contributed by atoms with van der Waals surface area (Å²) >= 11 is 0. The largest absolute Gasteiger partial charge is 0.524 e. The van der Waals surface area contributed by atoms with Gasteiger partial charge in [-0.15, -0.1) is 0 Å². The van der Waals surface area contributed by atoms with Crippen LogP contribution < -0.4 is 16.8 Å². The van der Waals surface area contributed by atoms with Crippen molar-refractivity contribution >= 4 is 7.82 Å². The van der Waals surface area contributed by atoms with Crippen LogP contribution in [0.4, 0.5) is 0 Å². The maximum atomic E-state index is 10.5. The Balaban J connectivity index is 0. The van der Waals surface area contributed by atoms with Crippen LogP contribution in [0, 0.1) is 13.8 Å². The molecule has 0 unspecified atom stereocenters. The molecule has 0 radical (unpaired) electrons. The molecule has 0 saturated carbocycles. The van der Waals surface area contributed by atoms with Crippen LogP contribution in [0.1, 0.15) is 11.1 Å². The van der Waals surface area contributed by atoms with Gasteiger partial charge in [-0.25, -0.2) is 4.57 Å². The molecule has 0 spiro atoms. The SMILES string of the molecule is Cc1cc(C)cc(OP(=O)(O)O)c1.N.N. The van der Waals surface area contributed by atoms with Crippen molar-refractivity contribution in [3.05, 3.63) is 29.3 Å². The second-order valence-electron chi connectivity index (χ2n) is 2.91. The van der Waals surface area contributed by atoms with E-state index in [2.05, 4.69) is 4.52 Å². The van der Waals surface area contributed by atoms with Crippen LogP contribution >= 0.6 is 7.82 Å². The first-order chi connectivity index (χ1) is 5.87. The Morgan fingerprint density at radius 2 is 1.47 bits per heavy atom. The predicted molar refractivity (Wildman–Crippen MR) is 58.6 cm³/mol. The molecule has 0 fully saturated rings. The zero-order chi connectivity index (χ0) is 10.1. The van der Waals surface area contributed by atoms with Crippen LogP contribution in [0.3, 0.4) is 0 Å². The lowest BCUT2D eigenvalue weighted by atomic mass is 10.1. The van der Waals surface area contributed by atoms with Crippen LogP contribution in [0.15, 0.2) is 18.2 Å². The second kappa shape index (κ2) is 5.85. The summed E-state index contributed by atoms with van der Waals surface area (Å²) in [6.07, 6.45) is 0. The van der Waals surface area contributed by atoms with Gasteiger partial charge in [0.15, 0.2) is 0 Å². The van der Waals surface area contributed by atoms with Gasteiger partial charge in [-0.1, -0.05) is 6.07 Å². The number of rotatable bonds is 2. The van der Waals surface area contributed by atoms with Crippen molar-refractivity contribution in [2.45, 2.75) is 13.8 Å². The fourth-order valence-electron chi connectivity index (χ4n) is 1.12. The maximum Gasteiger partial charge on any atom is 0.524 e. The first kappa shape index (κ1) is 16.5. The molecule has 0 aromatic heterocycles. The number of benzene rings is 1. The minimum atomic E-state index is -4.43. The third-order valence-electron chi connectivity index (χ3n) is 1.42. The zero-order valence-corrected chi connectivity index (χ0v) is 9.70. The summed E-state index contributed by atoms with van der Waals surface area (Å²) in [5.41, 5.74) is 1.81. The van der Waals surface area contributed by atoms with Gasteiger partial charge < -0.3 is 16.8 Å². The van der Waals surface area contributed by atoms with Gasteiger partial charge in [0.2, 0.25) is 0 Å². The minimum Gasteiger partial charge on any atom is -0.404 e. The van der Waals surface area contributed by atoms with Gasteiger partial charge >= 0.3 is 7.82 Å². The van der Waals surface area contributed by atoms with Gasteiger partial charge in [0, 0.05) is 0 Å². The number of hydrogen-bond donors (Lipinski definition) is 4. The molecule has 1 aromatic carbocycles. The van der Waals surface area contributed by atoms with E-state index in [-0.39, 0.29) is 18.1 Å². The molecular formula is C8H17N2O4P. The van der Waals surface area contributed by atoms with E-state index >= 15 is 0 Å². The highest BCUT2D eigenvalue weighted by Crippen LogP contribution is 2.37. The maximum absolute atomic E-state index is 10.5. The molecule has 1 rings (SSSR count). The van der Waals surface area contributed by atoms with Gasteiger partial charge in [-0.2, -0.15) is 0 Å². The topological polar surface area (TPSA) is 137 Å². The van der Waals surface area contributed by atoms with Crippen LogP contribution in [-0.4, -0.2) is 9.79 Å². The van der Waals surface area contributed by atoms with E-state index in [0.29, 0.717) is 0 Å². The van der Waals surface area contributed by atoms with Crippen molar-refractivity contribution in [3.63, 3.8) is 0 Å². The third-order valence-corrected chi connectivity index (χ3v) is 1.87. The lowest BCUT2D eigenvalue weighted by molar-refractivity contribution is 0.283. The summed E-state index contributed by atoms with van der Waals surface area (Å²) in [6.45, 7) is 3.67. The average Bonchev–Trinajstić information content (AvgIpc) is 1.78. The molecule has 0 saturated heterocycles. The highest BCUT2D eigenvalue weighted by Gasteiger charge is 2.15. The summed E-state index contributed by atoms with van der Waals surface area (Å²) in [7, 11) is -4.43. The van der Waals surface area contributed by atoms with Gasteiger partial charge in [-0.05, 0) is 37.1 Å². The van der Waals surface area contributed by atoms with Gasteiger partial charge in [0.05, 0.1) is 0 Å². The number of hydrogen-bond acceptors (Lipinski definition) is 4. The van der Waals surface area contributed by atoms with E-state index in [9.17, 15) is 4.57 Å². The molecule has 0 aliphatic heterocycles. The minimum absolute atomic E-state index is 0. The Bertz CT molecular complexity index is 343. The normalized spacial score (nSPS) is 9.87. The Morgan fingerprint density at radius 1 is 1.07 bits per heavy atom. The molecule has 8 N–H and O–H groups in total. The molecule has 88 valence electrons. The Hall–Kier alpha value is -0.910. The molecule has 0 amide bonds. The van der Waals surface area contributed by atoms with E-state index < -0.39 is 7.82 Å². The van der Waals surface area contributed by atoms with E-state index in [1.807, 2.05) is 19.9 Å². The van der Waals surface area contributed by atoms with E-state index in [1.165, 1.54) is 0 Å². The monoisotopic (exact) mass is 236 g/mol. The van der Waals surface area contributed by atoms with Crippen molar-refractivity contribution in [1.82, 2.24) is 12.3 Å². The summed E-state index contributed by atoms with van der Waals surface area (Å²) in [6, 6.07) is 5.05. The number of phosphoric acid groups is 1. The van der Waals surface area contributed by atoms with Crippen molar-refractivity contribution < 1.29 is 18.9 Å². The van der Waals surface area contributed by atoms with Crippen LogP contribution in [0.2, 0.25) is 0 Å². The molecule has 0 heterocycles. The van der Waals surface area contributed by atoms with E-state index in [4.69, 9.17) is 9.79 Å². The smallest absolute Gasteiger partial charge is 0.404 e. The first-order valence-electron chi connectivity index (χ1n) is 3.70. The number of phosphoric ester groups is 1. The molecule has 0 atom stereocenters. The van der Waals surface area contributed by atoms with Crippen LogP contribution in [0.5, 0.6) is 5.75 Å². The summed E-state index contributed by atoms with van der Waals surface area (Å²) in [4.78, 5) is 17.1. The lowest BCUT2D eigenvalue weighted by Gasteiger charge is -2.07. The Labute approximate surface area is 88.7 Å². The fraction of sp³-hybridized carbons (Fsp3) is 0.250. The molecule has 0 bridgehead atoms. The zero-order valence-electron chi connectivity index (χ0n) is 8.80. The second-order valence-corrected chi connectivity index (χ2v) is 4.07. The lowest BCUT2D eigenvalue weighted by Crippen LogP contribution is -1.91. The quantitative estimate of drug-likeness (QED) is 0.580. The summed E-state index contributed by atoms with van der Waals surface area (Å²) in [5.74, 6) is 0.200. The Morgan fingerprint density at radius 3 is 1.80 bits per heavy atom. The van der Waals surface area contributed by atoms with Crippen LogP contribution in [-0.2, 0) is 4.57 Å². The highest BCUT2D eigenvalue weighted by atomic mass is 31.2. The molecule has 0 aliphatic rings. The van der Waals surface area contributed by atoms with Gasteiger partial charge in [0.25, 0.3) is 0 Å². The van der Waals surface area contributed by atoms with Crippen LogP contribution in [0.25, 0.3) is 0 Å². The Kier molecular flexibility index (Phi) is 6.44. The van der Waals surface area contributed by atoms with Crippen molar-refractivity contribution in [2.75, 3.05) is 0 Å². The van der Waals surface area contributed by atoms with Crippen molar-refractivity contribution in [3.8, 4) is 5.75 Å². The summed E-state index contributed by atoms with van der Waals surface area (Å²) in [5, 5.41) is 0. The third kappa shape index (κ3) is 6.22. The van der Waals surface area contributed by atoms with Gasteiger partial charge in [-0.3, -0.25) is 9.79 Å².